The Hall–Kier alpha value is -12.2. The van der Waals surface area contributed by atoms with E-state index in [-0.39, 0.29) is 0 Å². The molecule has 0 amide bonds. The first-order valence-corrected chi connectivity index (χ1v) is 56.1. The second kappa shape index (κ2) is 60.5. The number of furan rings is 1. The zero-order valence-electron chi connectivity index (χ0n) is 97.3. The van der Waals surface area contributed by atoms with E-state index in [2.05, 4.69) is 536 Å². The fourth-order valence-electron chi connectivity index (χ4n) is 16.2. The first-order chi connectivity index (χ1) is 70.2. The van der Waals surface area contributed by atoms with E-state index in [4.69, 9.17) is 9.15 Å². The molecule has 0 radical (unpaired) electrons. The summed E-state index contributed by atoms with van der Waals surface area (Å²) in [6.07, 6.45) is 8.65. The van der Waals surface area contributed by atoms with Crippen molar-refractivity contribution < 1.29 is 9.15 Å². The van der Waals surface area contributed by atoms with Gasteiger partial charge in [0.25, 0.3) is 0 Å². The molecule has 0 N–H and O–H groups in total. The summed E-state index contributed by atoms with van der Waals surface area (Å²) in [6, 6.07) is 109. The van der Waals surface area contributed by atoms with E-state index in [1.165, 1.54) is 132 Å². The Morgan fingerprint density at radius 3 is 0.703 bits per heavy atom. The van der Waals surface area contributed by atoms with Crippen LogP contribution in [0.25, 0.3) is 55.8 Å². The molecule has 6 aromatic heterocycles. The molecule has 6 nitrogen and oxygen atoms in total. The largest absolute Gasteiger partial charge is 0.466 e. The SMILES string of the molecule is CC(C)c1ccc(-c2ccc(C(C)C)cc2)cc1.CC(C)c1ccc(-c2ccc(C(C)C)cn2)nc1.CC(C)c1ccc(C(C)C)o1.CC(C)c1ccc(C(C)C)s1.CC(C)c1ccc(Cc2ccc(C(C)C)cc2)cc1.CC(C)c1ccc(Oc2ccc(C(C)C)cc2)cc1.CC(C)c1ccc2cc(C(C)C)ccc2c1.CC(C)c1cccc(-c2cccc(C(C)C)c2)c1.CC(C)c1ccnc(-c2cc(C(C)C)ccn2)c1. The Kier molecular flexibility index (Phi) is 49.5. The lowest BCUT2D eigenvalue weighted by Crippen LogP contribution is -1.94. The lowest BCUT2D eigenvalue weighted by Gasteiger charge is -2.11. The number of pyridine rings is 4. The molecule has 148 heavy (non-hydrogen) atoms. The third-order valence-corrected chi connectivity index (χ3v) is 28.8. The van der Waals surface area contributed by atoms with Crippen LogP contribution in [-0.4, -0.2) is 19.9 Å². The van der Waals surface area contributed by atoms with E-state index in [0.29, 0.717) is 107 Å². The molecule has 16 rings (SSSR count). The van der Waals surface area contributed by atoms with Crippen molar-refractivity contribution in [3.05, 3.63) is 438 Å². The molecule has 0 atom stereocenters. The fraction of sp³-hybridized carbons (Fsp3) is 0.390. The number of ether oxygens (including phenoxy) is 1. The minimum Gasteiger partial charge on any atom is -0.466 e. The quantitative estimate of drug-likeness (QED) is 0.0538. The summed E-state index contributed by atoms with van der Waals surface area (Å²) >= 11 is 1.95. The second-order valence-corrected chi connectivity index (χ2v) is 46.6. The Balaban J connectivity index is 0.000000204. The van der Waals surface area contributed by atoms with Gasteiger partial charge in [-0.2, -0.15) is 0 Å². The van der Waals surface area contributed by atoms with Crippen LogP contribution in [0.5, 0.6) is 11.5 Å². The minimum absolute atomic E-state index is 0.502. The molecule has 0 unspecified atom stereocenters. The molecule has 16 aromatic rings. The summed E-state index contributed by atoms with van der Waals surface area (Å²) in [6.45, 7) is 79.6. The molecular weight excluding hydrogens is 1810 g/mol. The van der Waals surface area contributed by atoms with Crippen LogP contribution in [-0.2, 0) is 6.42 Å². The van der Waals surface area contributed by atoms with Gasteiger partial charge in [-0.05, 0) is 308 Å². The van der Waals surface area contributed by atoms with Crippen LogP contribution < -0.4 is 4.74 Å². The van der Waals surface area contributed by atoms with Crippen LogP contribution in [0.2, 0.25) is 0 Å². The summed E-state index contributed by atoms with van der Waals surface area (Å²) in [5.74, 6) is 14.3. The van der Waals surface area contributed by atoms with Crippen molar-refractivity contribution >= 4 is 22.1 Å². The third kappa shape index (κ3) is 39.7. The monoisotopic (exact) mass is 2000 g/mol. The van der Waals surface area contributed by atoms with Gasteiger partial charge in [0.15, 0.2) is 0 Å². The number of nitrogens with zero attached hydrogens (tertiary/aromatic N) is 4. The highest BCUT2D eigenvalue weighted by Crippen LogP contribution is 2.36. The van der Waals surface area contributed by atoms with Crippen LogP contribution in [0.3, 0.4) is 0 Å². The summed E-state index contributed by atoms with van der Waals surface area (Å²) in [7, 11) is 0. The van der Waals surface area contributed by atoms with E-state index in [1.807, 2.05) is 72.5 Å². The molecule has 10 aromatic carbocycles. The number of hydrogen-bond acceptors (Lipinski definition) is 7. The number of thiophene rings is 1. The molecule has 784 valence electrons. The van der Waals surface area contributed by atoms with Gasteiger partial charge in [-0.1, -0.05) is 468 Å². The molecule has 0 saturated heterocycles. The van der Waals surface area contributed by atoms with Crippen molar-refractivity contribution in [1.82, 2.24) is 19.9 Å². The molecule has 0 fully saturated rings. The highest BCUT2D eigenvalue weighted by atomic mass is 32.1. The summed E-state index contributed by atoms with van der Waals surface area (Å²) in [4.78, 5) is 20.8. The van der Waals surface area contributed by atoms with E-state index >= 15 is 0 Å². The third-order valence-electron chi connectivity index (χ3n) is 27.1. The number of benzene rings is 10. The van der Waals surface area contributed by atoms with Gasteiger partial charge in [-0.25, -0.2) is 0 Å². The Morgan fingerprint density at radius 2 is 0.453 bits per heavy atom. The first-order valence-electron chi connectivity index (χ1n) is 55.3. The first kappa shape index (κ1) is 121. The molecular formula is C141H182N4O2S. The van der Waals surface area contributed by atoms with Gasteiger partial charge in [0, 0.05) is 46.4 Å². The van der Waals surface area contributed by atoms with Crippen molar-refractivity contribution in [2.24, 2.45) is 0 Å². The minimum atomic E-state index is 0.502. The maximum Gasteiger partial charge on any atom is 0.127 e. The van der Waals surface area contributed by atoms with Crippen molar-refractivity contribution in [2.45, 2.75) is 362 Å². The topological polar surface area (TPSA) is 73.9 Å². The van der Waals surface area contributed by atoms with Crippen LogP contribution in [0, 0.1) is 0 Å². The van der Waals surface area contributed by atoms with E-state index in [0.717, 1.165) is 52.2 Å². The predicted octanol–water partition coefficient (Wildman–Crippen LogP) is 43.8. The Bertz CT molecular complexity index is 5730. The number of rotatable bonds is 26. The van der Waals surface area contributed by atoms with E-state index in [9.17, 15) is 0 Å². The van der Waals surface area contributed by atoms with Gasteiger partial charge in [-0.15, -0.1) is 11.3 Å². The zero-order chi connectivity index (χ0) is 109. The van der Waals surface area contributed by atoms with Gasteiger partial charge >= 0.3 is 0 Å². The maximum atomic E-state index is 5.85. The average molecular weight is 2000 g/mol. The predicted molar refractivity (Wildman–Crippen MR) is 648 cm³/mol. The highest BCUT2D eigenvalue weighted by Gasteiger charge is 2.16. The van der Waals surface area contributed by atoms with Crippen LogP contribution >= 0.6 is 11.3 Å². The standard InChI is InChI=1S/C19H24.C18H22O.2C18H22.2C16H20N2.C16H20.C10H16O.C10H16S/c1-14(2)18-9-5-16(6-10-18)13-17-7-11-19(12-8-17)15(3)4;1-13(2)15-5-9-17(10-6-15)19-18-11-7-16(8-12-18)14(3)4;1-13(2)15-5-9-17(10-6-15)18-11-7-16(8-12-18)14(3)4;1-13(2)15-7-5-9-17(11-15)18-10-6-8-16(12-18)14(3)4;1-11(2)13-5-7-17-15(9-13)16-10-14(12(3)4)6-8-18-16;1-11(2)13-5-7-15(17-9-13)16-8-6-14(10-18-16)12(3)4;1-11(2)13-5-7-16-10-14(12(3)4)6-8-15(16)9-13;2*1-7(2)9-5-6-10(11-9)8(3)4/h5-12,14-15H,13H2,1-4H3;5-14H,1-4H3;2*5-14H,1-4H3;2*5-12H,1-4H3;5-12H,1-4H3;2*5-8H,1-4H3. The molecule has 0 aliphatic rings. The van der Waals surface area contributed by atoms with E-state index < -0.39 is 0 Å². The van der Waals surface area contributed by atoms with Crippen molar-refractivity contribution in [1.29, 1.82) is 0 Å². The van der Waals surface area contributed by atoms with Gasteiger partial charge < -0.3 is 9.15 Å². The Morgan fingerprint density at radius 1 is 0.196 bits per heavy atom. The summed E-state index contributed by atoms with van der Waals surface area (Å²) in [5, 5.41) is 2.71. The van der Waals surface area contributed by atoms with Crippen molar-refractivity contribution in [2.75, 3.05) is 0 Å². The molecule has 0 saturated carbocycles. The average Bonchev–Trinajstić information content (AvgIpc) is 0.863. The zero-order valence-corrected chi connectivity index (χ0v) is 98.1. The summed E-state index contributed by atoms with van der Waals surface area (Å²) < 4.78 is 11.5. The van der Waals surface area contributed by atoms with Crippen LogP contribution in [0.4, 0.5) is 0 Å². The van der Waals surface area contributed by atoms with Gasteiger partial charge in [-0.3, -0.25) is 19.9 Å². The van der Waals surface area contributed by atoms with Crippen LogP contribution in [0.1, 0.15) is 466 Å². The van der Waals surface area contributed by atoms with E-state index in [1.54, 1.807) is 0 Å². The normalized spacial score (nSPS) is 11.3. The second-order valence-electron chi connectivity index (χ2n) is 45.4. The molecule has 7 heteroatoms. The molecule has 0 bridgehead atoms. The van der Waals surface area contributed by atoms with Crippen molar-refractivity contribution in [3.63, 3.8) is 0 Å². The molecule has 0 spiro atoms. The lowest BCUT2D eigenvalue weighted by molar-refractivity contribution is 0.432. The highest BCUT2D eigenvalue weighted by molar-refractivity contribution is 7.12. The number of hydrogen-bond donors (Lipinski definition) is 0. The smallest absolute Gasteiger partial charge is 0.127 e. The fourth-order valence-corrected chi connectivity index (χ4v) is 17.2. The van der Waals surface area contributed by atoms with Crippen molar-refractivity contribution in [3.8, 4) is 56.5 Å². The lowest BCUT2D eigenvalue weighted by atomic mass is 9.94. The molecule has 6 heterocycles. The van der Waals surface area contributed by atoms with Gasteiger partial charge in [0.1, 0.15) is 23.0 Å². The molecule has 0 aliphatic heterocycles. The number of fused-ring (bicyclic) bond motifs is 1. The summed E-state index contributed by atoms with van der Waals surface area (Å²) in [5.41, 5.74) is 30.9. The number of aromatic nitrogens is 4. The Labute approximate surface area is 901 Å². The van der Waals surface area contributed by atoms with Crippen LogP contribution in [0.15, 0.2) is 333 Å². The maximum absolute atomic E-state index is 5.85. The van der Waals surface area contributed by atoms with Gasteiger partial charge in [0.2, 0.25) is 0 Å². The van der Waals surface area contributed by atoms with Gasteiger partial charge in [0.05, 0.1) is 22.8 Å². The molecule has 0 aliphatic carbocycles.